The van der Waals surface area contributed by atoms with Gasteiger partial charge in [-0.2, -0.15) is 0 Å². The van der Waals surface area contributed by atoms with Crippen LogP contribution in [0.3, 0.4) is 0 Å². The van der Waals surface area contributed by atoms with E-state index in [4.69, 9.17) is 9.84 Å². The topological polar surface area (TPSA) is 105 Å². The van der Waals surface area contributed by atoms with Crippen LogP contribution in [-0.4, -0.2) is 70.7 Å². The van der Waals surface area contributed by atoms with Crippen LogP contribution in [0, 0.1) is 0 Å². The van der Waals surface area contributed by atoms with Crippen molar-refractivity contribution in [1.82, 2.24) is 15.1 Å². The van der Waals surface area contributed by atoms with Crippen LogP contribution in [-0.2, 0) is 14.3 Å². The summed E-state index contributed by atoms with van der Waals surface area (Å²) in [7, 11) is 0. The van der Waals surface area contributed by atoms with Gasteiger partial charge in [0.25, 0.3) is 0 Å². The van der Waals surface area contributed by atoms with E-state index < -0.39 is 5.97 Å². The zero-order valence-electron chi connectivity index (χ0n) is 11.3. The zero-order valence-corrected chi connectivity index (χ0v) is 12.9. The summed E-state index contributed by atoms with van der Waals surface area (Å²) in [4.78, 5) is 24.1. The predicted molar refractivity (Wildman–Crippen MR) is 78.8 cm³/mol. The molecular weight excluding hydrogens is 316 g/mol. The van der Waals surface area contributed by atoms with E-state index in [1.54, 1.807) is 4.90 Å². The van der Waals surface area contributed by atoms with Gasteiger partial charge in [0, 0.05) is 26.1 Å². The molecule has 1 aliphatic heterocycles. The van der Waals surface area contributed by atoms with Crippen LogP contribution in [0.15, 0.2) is 4.34 Å². The van der Waals surface area contributed by atoms with Crippen molar-refractivity contribution >= 4 is 40.1 Å². The standard InChI is InChI=1S/C11H16N4O4S2/c16-8(15-3-5-19-6-4-15)1-2-12-10-13-14-11(21-10)20-7-9(17)18/h1-7H2,(H,12,13)(H,17,18). The Morgan fingerprint density at radius 1 is 1.38 bits per heavy atom. The Bertz CT molecular complexity index is 490. The molecule has 1 aromatic heterocycles. The summed E-state index contributed by atoms with van der Waals surface area (Å²) >= 11 is 2.41. The number of aromatic nitrogens is 2. The molecule has 1 aliphatic rings. The molecule has 1 saturated heterocycles. The second-order valence-corrected chi connectivity index (χ2v) is 6.43. The van der Waals surface area contributed by atoms with Crippen LogP contribution >= 0.6 is 23.1 Å². The average Bonchev–Trinajstić information content (AvgIpc) is 2.94. The van der Waals surface area contributed by atoms with Gasteiger partial charge in [-0.3, -0.25) is 9.59 Å². The minimum absolute atomic E-state index is 0.0375. The van der Waals surface area contributed by atoms with E-state index >= 15 is 0 Å². The van der Waals surface area contributed by atoms with Crippen molar-refractivity contribution in [2.45, 2.75) is 10.8 Å². The first-order valence-electron chi connectivity index (χ1n) is 6.42. The number of carboxylic acids is 1. The number of hydrogen-bond acceptors (Lipinski definition) is 8. The highest BCUT2D eigenvalue weighted by atomic mass is 32.2. The smallest absolute Gasteiger partial charge is 0.313 e. The second kappa shape index (κ2) is 8.15. The Morgan fingerprint density at radius 3 is 2.86 bits per heavy atom. The van der Waals surface area contributed by atoms with Crippen molar-refractivity contribution < 1.29 is 19.4 Å². The molecule has 0 aliphatic carbocycles. The molecule has 2 N–H and O–H groups in total. The summed E-state index contributed by atoms with van der Waals surface area (Å²) in [5.74, 6) is -0.832. The Kier molecular flexibility index (Phi) is 6.21. The lowest BCUT2D eigenvalue weighted by molar-refractivity contribution is -0.135. The summed E-state index contributed by atoms with van der Waals surface area (Å²) in [6.45, 7) is 2.97. The van der Waals surface area contributed by atoms with E-state index in [0.29, 0.717) is 48.7 Å². The van der Waals surface area contributed by atoms with Gasteiger partial charge < -0.3 is 20.1 Å². The first-order valence-corrected chi connectivity index (χ1v) is 8.23. The number of thioether (sulfide) groups is 1. The molecule has 0 atom stereocenters. The monoisotopic (exact) mass is 332 g/mol. The molecule has 0 bridgehead atoms. The predicted octanol–water partition coefficient (Wildman–Crippen LogP) is 0.376. The minimum atomic E-state index is -0.888. The van der Waals surface area contributed by atoms with Gasteiger partial charge in [0.05, 0.1) is 19.0 Å². The average molecular weight is 332 g/mol. The summed E-state index contributed by atoms with van der Waals surface area (Å²) < 4.78 is 5.79. The molecule has 8 nitrogen and oxygen atoms in total. The Labute approximate surface area is 129 Å². The van der Waals surface area contributed by atoms with E-state index in [0.717, 1.165) is 11.8 Å². The van der Waals surface area contributed by atoms with Crippen LogP contribution in [0.4, 0.5) is 5.13 Å². The van der Waals surface area contributed by atoms with E-state index in [1.165, 1.54) is 11.3 Å². The van der Waals surface area contributed by atoms with Gasteiger partial charge in [0.1, 0.15) is 0 Å². The third kappa shape index (κ3) is 5.48. The van der Waals surface area contributed by atoms with Crippen LogP contribution in [0.5, 0.6) is 0 Å². The fraction of sp³-hybridized carbons (Fsp3) is 0.636. The maximum atomic E-state index is 11.9. The molecule has 1 amide bonds. The van der Waals surface area contributed by atoms with E-state index in [9.17, 15) is 9.59 Å². The maximum Gasteiger partial charge on any atom is 0.313 e. The van der Waals surface area contributed by atoms with Crippen molar-refractivity contribution in [2.75, 3.05) is 43.9 Å². The Hall–Kier alpha value is -1.39. The molecule has 21 heavy (non-hydrogen) atoms. The highest BCUT2D eigenvalue weighted by molar-refractivity contribution is 8.01. The fourth-order valence-electron chi connectivity index (χ4n) is 1.71. The lowest BCUT2D eigenvalue weighted by Crippen LogP contribution is -2.41. The molecule has 10 heteroatoms. The van der Waals surface area contributed by atoms with Crippen molar-refractivity contribution in [3.8, 4) is 0 Å². The van der Waals surface area contributed by atoms with Gasteiger partial charge >= 0.3 is 5.97 Å². The third-order valence-corrected chi connectivity index (χ3v) is 4.70. The summed E-state index contributed by atoms with van der Waals surface area (Å²) in [6.07, 6.45) is 0.386. The van der Waals surface area contributed by atoms with E-state index in [1.807, 2.05) is 0 Å². The van der Waals surface area contributed by atoms with Crippen molar-refractivity contribution in [3.05, 3.63) is 0 Å². The van der Waals surface area contributed by atoms with E-state index in [-0.39, 0.29) is 11.7 Å². The lowest BCUT2D eigenvalue weighted by Gasteiger charge is -2.26. The first kappa shape index (κ1) is 16.0. The summed E-state index contributed by atoms with van der Waals surface area (Å²) in [6, 6.07) is 0. The van der Waals surface area contributed by atoms with Crippen molar-refractivity contribution in [1.29, 1.82) is 0 Å². The molecular formula is C11H16N4O4S2. The van der Waals surface area contributed by atoms with Crippen LogP contribution in [0.2, 0.25) is 0 Å². The van der Waals surface area contributed by atoms with Gasteiger partial charge in [-0.05, 0) is 0 Å². The number of carbonyl (C=O) groups excluding carboxylic acids is 1. The molecule has 0 radical (unpaired) electrons. The van der Waals surface area contributed by atoms with Crippen molar-refractivity contribution in [2.24, 2.45) is 0 Å². The lowest BCUT2D eigenvalue weighted by atomic mass is 10.3. The number of rotatable bonds is 7. The van der Waals surface area contributed by atoms with Crippen LogP contribution in [0.25, 0.3) is 0 Å². The number of carbonyl (C=O) groups is 2. The van der Waals surface area contributed by atoms with Gasteiger partial charge in [0.15, 0.2) is 4.34 Å². The molecule has 1 fully saturated rings. The van der Waals surface area contributed by atoms with Gasteiger partial charge in [-0.25, -0.2) is 0 Å². The summed E-state index contributed by atoms with van der Waals surface area (Å²) in [5, 5.41) is 20.0. The minimum Gasteiger partial charge on any atom is -0.481 e. The SMILES string of the molecule is O=C(O)CSc1nnc(NCCC(=O)N2CCOCC2)s1. The fourth-order valence-corrected chi connectivity index (χ4v) is 3.21. The number of hydrogen-bond donors (Lipinski definition) is 2. The molecule has 116 valence electrons. The number of carboxylic acid groups (broad SMARTS) is 1. The largest absolute Gasteiger partial charge is 0.481 e. The highest BCUT2D eigenvalue weighted by Gasteiger charge is 2.16. The zero-order chi connectivity index (χ0) is 15.1. The second-order valence-electron chi connectivity index (χ2n) is 4.23. The Balaban J connectivity index is 1.68. The highest BCUT2D eigenvalue weighted by Crippen LogP contribution is 2.25. The number of anilines is 1. The number of ether oxygens (including phenoxy) is 1. The molecule has 0 saturated carbocycles. The normalized spacial score (nSPS) is 15.0. The van der Waals surface area contributed by atoms with Crippen molar-refractivity contribution in [3.63, 3.8) is 0 Å². The Morgan fingerprint density at radius 2 is 2.14 bits per heavy atom. The van der Waals surface area contributed by atoms with Gasteiger partial charge in [-0.15, -0.1) is 10.2 Å². The number of morpholine rings is 1. The molecule has 0 unspecified atom stereocenters. The molecule has 2 rings (SSSR count). The van der Waals surface area contributed by atoms with Crippen LogP contribution < -0.4 is 5.32 Å². The molecule has 0 spiro atoms. The van der Waals surface area contributed by atoms with Gasteiger partial charge in [0.2, 0.25) is 11.0 Å². The first-order chi connectivity index (χ1) is 10.1. The number of aliphatic carboxylic acids is 1. The molecule has 0 aromatic carbocycles. The summed E-state index contributed by atoms with van der Waals surface area (Å²) in [5.41, 5.74) is 0. The number of nitrogens with zero attached hydrogens (tertiary/aromatic N) is 3. The maximum absolute atomic E-state index is 11.9. The number of amides is 1. The quantitative estimate of drug-likeness (QED) is 0.690. The van der Waals surface area contributed by atoms with E-state index in [2.05, 4.69) is 15.5 Å². The van der Waals surface area contributed by atoms with Gasteiger partial charge in [-0.1, -0.05) is 23.1 Å². The third-order valence-electron chi connectivity index (χ3n) is 2.70. The number of nitrogens with one attached hydrogen (secondary N) is 1. The van der Waals surface area contributed by atoms with Crippen LogP contribution in [0.1, 0.15) is 6.42 Å². The molecule has 2 heterocycles. The molecule has 1 aromatic rings.